The van der Waals surface area contributed by atoms with Gasteiger partial charge in [-0.15, -0.1) is 11.3 Å². The van der Waals surface area contributed by atoms with Crippen molar-refractivity contribution in [1.82, 2.24) is 15.3 Å². The van der Waals surface area contributed by atoms with Gasteiger partial charge in [0.15, 0.2) is 11.5 Å². The highest BCUT2D eigenvalue weighted by molar-refractivity contribution is 7.13. The molecule has 0 aliphatic carbocycles. The average molecular weight is 387 g/mol. The highest BCUT2D eigenvalue weighted by Gasteiger charge is 2.17. The van der Waals surface area contributed by atoms with E-state index < -0.39 is 0 Å². The van der Waals surface area contributed by atoms with Crippen LogP contribution in [0.5, 0.6) is 17.2 Å². The van der Waals surface area contributed by atoms with Crippen molar-refractivity contribution < 1.29 is 19.0 Å². The minimum atomic E-state index is -0.216. The Morgan fingerprint density at radius 3 is 2.52 bits per heavy atom. The monoisotopic (exact) mass is 387 g/mol. The lowest BCUT2D eigenvalue weighted by molar-refractivity contribution is 0.0953. The van der Waals surface area contributed by atoms with E-state index in [-0.39, 0.29) is 5.91 Å². The van der Waals surface area contributed by atoms with Gasteiger partial charge in [-0.25, -0.2) is 4.98 Å². The Hall–Kier alpha value is -3.00. The van der Waals surface area contributed by atoms with Crippen LogP contribution >= 0.6 is 11.3 Å². The van der Waals surface area contributed by atoms with Gasteiger partial charge in [0.05, 0.1) is 32.5 Å². The van der Waals surface area contributed by atoms with Crippen molar-refractivity contribution in [1.29, 1.82) is 0 Å². The SMILES string of the molecule is COc1cc(C(=O)NCCc2[nH]cnc2-c2cccs2)cc(OC)c1OC. The summed E-state index contributed by atoms with van der Waals surface area (Å²) in [6.07, 6.45) is 2.31. The molecule has 2 heterocycles. The van der Waals surface area contributed by atoms with E-state index >= 15 is 0 Å². The third kappa shape index (κ3) is 4.06. The number of carbonyl (C=O) groups excluding carboxylic acids is 1. The van der Waals surface area contributed by atoms with E-state index in [1.165, 1.54) is 21.3 Å². The van der Waals surface area contributed by atoms with Crippen LogP contribution in [0.1, 0.15) is 16.1 Å². The van der Waals surface area contributed by atoms with Crippen LogP contribution < -0.4 is 19.5 Å². The van der Waals surface area contributed by atoms with Gasteiger partial charge >= 0.3 is 0 Å². The fourth-order valence-corrected chi connectivity index (χ4v) is 3.50. The number of ether oxygens (including phenoxy) is 3. The van der Waals surface area contributed by atoms with Crippen molar-refractivity contribution in [3.05, 3.63) is 47.2 Å². The average Bonchev–Trinajstić information content (AvgIpc) is 3.38. The van der Waals surface area contributed by atoms with Crippen molar-refractivity contribution in [3.63, 3.8) is 0 Å². The van der Waals surface area contributed by atoms with Crippen LogP contribution in [-0.4, -0.2) is 43.7 Å². The van der Waals surface area contributed by atoms with E-state index in [1.807, 2.05) is 17.5 Å². The second kappa shape index (κ2) is 8.59. The number of carbonyl (C=O) groups is 1. The summed E-state index contributed by atoms with van der Waals surface area (Å²) in [5.74, 6) is 1.12. The minimum Gasteiger partial charge on any atom is -0.493 e. The predicted octanol–water partition coefficient (Wildman–Crippen LogP) is 3.14. The van der Waals surface area contributed by atoms with Crippen molar-refractivity contribution in [2.24, 2.45) is 0 Å². The number of imidazole rings is 1. The molecule has 27 heavy (non-hydrogen) atoms. The Kier molecular flexibility index (Phi) is 5.97. The van der Waals surface area contributed by atoms with Gasteiger partial charge in [-0.2, -0.15) is 0 Å². The molecule has 0 saturated carbocycles. The first kappa shape index (κ1) is 18.8. The normalized spacial score (nSPS) is 10.5. The van der Waals surface area contributed by atoms with Crippen LogP contribution in [0.15, 0.2) is 36.0 Å². The van der Waals surface area contributed by atoms with Gasteiger partial charge in [0.1, 0.15) is 5.69 Å². The largest absolute Gasteiger partial charge is 0.493 e. The molecule has 3 rings (SSSR count). The first-order chi connectivity index (χ1) is 13.2. The van der Waals surface area contributed by atoms with Gasteiger partial charge in [-0.05, 0) is 23.6 Å². The van der Waals surface area contributed by atoms with Gasteiger partial charge in [0.2, 0.25) is 5.75 Å². The minimum absolute atomic E-state index is 0.216. The second-order valence-corrected chi connectivity index (χ2v) is 6.57. The molecule has 0 unspecified atom stereocenters. The van der Waals surface area contributed by atoms with Gasteiger partial charge in [-0.1, -0.05) is 6.07 Å². The van der Waals surface area contributed by atoms with E-state index in [4.69, 9.17) is 14.2 Å². The second-order valence-electron chi connectivity index (χ2n) is 5.63. The lowest BCUT2D eigenvalue weighted by atomic mass is 10.1. The highest BCUT2D eigenvalue weighted by atomic mass is 32.1. The third-order valence-corrected chi connectivity index (χ3v) is 4.94. The first-order valence-electron chi connectivity index (χ1n) is 8.32. The number of thiophene rings is 1. The molecule has 0 saturated heterocycles. The van der Waals surface area contributed by atoms with E-state index in [1.54, 1.807) is 29.8 Å². The summed E-state index contributed by atoms with van der Waals surface area (Å²) in [6, 6.07) is 7.28. The van der Waals surface area contributed by atoms with E-state index in [9.17, 15) is 4.79 Å². The summed E-state index contributed by atoms with van der Waals surface area (Å²) in [6.45, 7) is 0.468. The Balaban J connectivity index is 1.68. The molecular formula is C19H21N3O4S. The molecule has 2 aromatic heterocycles. The Labute approximate surface area is 161 Å². The zero-order valence-corrected chi connectivity index (χ0v) is 16.2. The number of hydrogen-bond donors (Lipinski definition) is 2. The number of nitrogens with zero attached hydrogens (tertiary/aromatic N) is 1. The number of aromatic nitrogens is 2. The summed E-state index contributed by atoms with van der Waals surface area (Å²) < 4.78 is 15.9. The molecule has 7 nitrogen and oxygen atoms in total. The molecule has 142 valence electrons. The Bertz CT molecular complexity index is 881. The molecule has 1 amide bonds. The lowest BCUT2D eigenvalue weighted by Gasteiger charge is -2.14. The third-order valence-electron chi connectivity index (χ3n) is 4.06. The van der Waals surface area contributed by atoms with Crippen molar-refractivity contribution in [2.75, 3.05) is 27.9 Å². The van der Waals surface area contributed by atoms with Crippen LogP contribution in [0.2, 0.25) is 0 Å². The molecule has 0 bridgehead atoms. The molecule has 0 aliphatic heterocycles. The summed E-state index contributed by atoms with van der Waals surface area (Å²) in [7, 11) is 4.56. The molecule has 8 heteroatoms. The molecule has 3 aromatic rings. The molecule has 2 N–H and O–H groups in total. The smallest absolute Gasteiger partial charge is 0.251 e. The van der Waals surface area contributed by atoms with E-state index in [2.05, 4.69) is 15.3 Å². The maximum Gasteiger partial charge on any atom is 0.251 e. The number of H-pyrrole nitrogens is 1. The Morgan fingerprint density at radius 1 is 1.19 bits per heavy atom. The van der Waals surface area contributed by atoms with Crippen molar-refractivity contribution in [3.8, 4) is 27.8 Å². The predicted molar refractivity (Wildman–Crippen MR) is 104 cm³/mol. The zero-order chi connectivity index (χ0) is 19.2. The van der Waals surface area contributed by atoms with E-state index in [0.29, 0.717) is 35.8 Å². The summed E-state index contributed by atoms with van der Waals surface area (Å²) in [5, 5.41) is 4.93. The molecule has 0 fully saturated rings. The molecule has 0 atom stereocenters. The fraction of sp³-hybridized carbons (Fsp3) is 0.263. The highest BCUT2D eigenvalue weighted by Crippen LogP contribution is 2.38. The quantitative estimate of drug-likeness (QED) is 0.620. The molecule has 0 radical (unpaired) electrons. The maximum absolute atomic E-state index is 12.5. The molecular weight excluding hydrogens is 366 g/mol. The summed E-state index contributed by atoms with van der Waals surface area (Å²) >= 11 is 1.63. The first-order valence-corrected chi connectivity index (χ1v) is 9.20. The number of benzene rings is 1. The zero-order valence-electron chi connectivity index (χ0n) is 15.4. The Morgan fingerprint density at radius 2 is 1.93 bits per heavy atom. The van der Waals surface area contributed by atoms with Crippen molar-refractivity contribution in [2.45, 2.75) is 6.42 Å². The van der Waals surface area contributed by atoms with Crippen LogP contribution in [0.4, 0.5) is 0 Å². The lowest BCUT2D eigenvalue weighted by Crippen LogP contribution is -2.26. The van der Waals surface area contributed by atoms with E-state index in [0.717, 1.165) is 16.3 Å². The molecule has 0 aliphatic rings. The number of nitrogens with one attached hydrogen (secondary N) is 2. The van der Waals surface area contributed by atoms with Gasteiger partial charge < -0.3 is 24.5 Å². The maximum atomic E-state index is 12.5. The van der Waals surface area contributed by atoms with Gasteiger partial charge in [0.25, 0.3) is 5.91 Å². The van der Waals surface area contributed by atoms with Crippen molar-refractivity contribution >= 4 is 17.2 Å². The molecule has 0 spiro atoms. The summed E-state index contributed by atoms with van der Waals surface area (Å²) in [5.41, 5.74) is 2.35. The van der Waals surface area contributed by atoms with Crippen LogP contribution in [0.3, 0.4) is 0 Å². The number of rotatable bonds is 8. The fourth-order valence-electron chi connectivity index (χ4n) is 2.75. The summed E-state index contributed by atoms with van der Waals surface area (Å²) in [4.78, 5) is 21.2. The number of methoxy groups -OCH3 is 3. The standard InChI is InChI=1S/C19H21N3O4S/c1-24-14-9-12(10-15(25-2)18(14)26-3)19(23)20-7-6-13-17(22-11-21-13)16-5-4-8-27-16/h4-5,8-11H,6-7H2,1-3H3,(H,20,23)(H,21,22). The molecule has 1 aromatic carbocycles. The van der Waals surface area contributed by atoms with Gasteiger partial charge in [-0.3, -0.25) is 4.79 Å². The van der Waals surface area contributed by atoms with Crippen LogP contribution in [0, 0.1) is 0 Å². The van der Waals surface area contributed by atoms with Crippen LogP contribution in [0.25, 0.3) is 10.6 Å². The van der Waals surface area contributed by atoms with Crippen LogP contribution in [-0.2, 0) is 6.42 Å². The number of amides is 1. The number of aromatic amines is 1. The topological polar surface area (TPSA) is 85.5 Å². The van der Waals surface area contributed by atoms with Gasteiger partial charge in [0, 0.05) is 24.2 Å². The number of hydrogen-bond acceptors (Lipinski definition) is 6.